The van der Waals surface area contributed by atoms with Crippen LogP contribution in [-0.4, -0.2) is 56.9 Å². The van der Waals surface area contributed by atoms with Crippen LogP contribution in [0.5, 0.6) is 6.01 Å². The highest BCUT2D eigenvalue weighted by Gasteiger charge is 2.34. The molecular weight excluding hydrogens is 478 g/mol. The maximum atomic E-state index is 12.0. The fourth-order valence-electron chi connectivity index (χ4n) is 4.73. The van der Waals surface area contributed by atoms with Crippen molar-refractivity contribution in [3.8, 4) is 17.3 Å². The van der Waals surface area contributed by atoms with E-state index >= 15 is 0 Å². The van der Waals surface area contributed by atoms with Gasteiger partial charge in [0.1, 0.15) is 6.10 Å². The molecule has 0 radical (unpaired) electrons. The number of hydrogen-bond acceptors (Lipinski definition) is 5. The second-order valence-corrected chi connectivity index (χ2v) is 10.3. The average Bonchev–Trinajstić information content (AvgIpc) is 3.21. The number of fused-ring (bicyclic) bond motifs is 1. The summed E-state index contributed by atoms with van der Waals surface area (Å²) in [5.41, 5.74) is 5.25. The molecular formula is C27H30ClN5O3. The number of nitrogens with zero attached hydrogens (tertiary/aromatic N) is 3. The normalized spacial score (nSPS) is 18.2. The number of nitrogens with one attached hydrogen (secondary N) is 2. The SMILES string of the molecule is CC(=O)NC1CC=C(c2ccc(-c3nc4nc(OC5CN(C(=O)C(C)C)C5)[nH]c4cc3Cl)cc2)CC1. The van der Waals surface area contributed by atoms with Gasteiger partial charge in [0.25, 0.3) is 6.01 Å². The maximum absolute atomic E-state index is 12.0. The summed E-state index contributed by atoms with van der Waals surface area (Å²) in [5, 5.41) is 3.52. The first kappa shape index (κ1) is 24.3. The largest absolute Gasteiger partial charge is 0.458 e. The van der Waals surface area contributed by atoms with Crippen LogP contribution in [0.2, 0.25) is 5.02 Å². The zero-order valence-corrected chi connectivity index (χ0v) is 21.4. The van der Waals surface area contributed by atoms with Crippen LogP contribution in [0.25, 0.3) is 28.0 Å². The molecule has 0 spiro atoms. The number of aromatic nitrogens is 3. The van der Waals surface area contributed by atoms with Crippen molar-refractivity contribution >= 4 is 40.2 Å². The third-order valence-electron chi connectivity index (χ3n) is 6.68. The van der Waals surface area contributed by atoms with Crippen LogP contribution in [0, 0.1) is 5.92 Å². The fraction of sp³-hybridized carbons (Fsp3) is 0.407. The van der Waals surface area contributed by atoms with Crippen molar-refractivity contribution in [2.75, 3.05) is 13.1 Å². The molecule has 1 aromatic carbocycles. The predicted octanol–water partition coefficient (Wildman–Crippen LogP) is 4.60. The molecule has 188 valence electrons. The van der Waals surface area contributed by atoms with Crippen molar-refractivity contribution in [3.05, 3.63) is 47.0 Å². The third-order valence-corrected chi connectivity index (χ3v) is 6.97. The summed E-state index contributed by atoms with van der Waals surface area (Å²) in [6, 6.07) is 10.6. The number of halogens is 1. The molecule has 3 heterocycles. The van der Waals surface area contributed by atoms with Crippen molar-refractivity contribution in [1.82, 2.24) is 25.2 Å². The van der Waals surface area contributed by atoms with Crippen LogP contribution in [0.4, 0.5) is 0 Å². The topological polar surface area (TPSA) is 100 Å². The molecule has 8 nitrogen and oxygen atoms in total. The number of ether oxygens (including phenoxy) is 1. The van der Waals surface area contributed by atoms with Gasteiger partial charge in [-0.2, -0.15) is 4.98 Å². The standard InChI is InChI=1S/C27H30ClN5O3/c1-15(2)26(35)33-13-21(14-33)36-27-30-23-12-22(28)24(31-25(23)32-27)19-6-4-17(5-7-19)18-8-10-20(11-9-18)29-16(3)34/h4-8,12,15,20-21H,9-11,13-14H2,1-3H3,(H,29,34)(H,30,31,32). The maximum Gasteiger partial charge on any atom is 0.296 e. The van der Waals surface area contributed by atoms with Gasteiger partial charge in [0.15, 0.2) is 5.65 Å². The Morgan fingerprint density at radius 3 is 2.53 bits per heavy atom. The Morgan fingerprint density at radius 2 is 1.89 bits per heavy atom. The molecule has 3 aromatic rings. The Balaban J connectivity index is 1.27. The van der Waals surface area contributed by atoms with Gasteiger partial charge in [-0.15, -0.1) is 0 Å². The molecule has 0 bridgehead atoms. The van der Waals surface area contributed by atoms with E-state index in [0.717, 1.165) is 30.4 Å². The first-order valence-corrected chi connectivity index (χ1v) is 12.7. The van der Waals surface area contributed by atoms with Crippen molar-refractivity contribution in [2.24, 2.45) is 5.92 Å². The van der Waals surface area contributed by atoms with Crippen molar-refractivity contribution in [3.63, 3.8) is 0 Å². The summed E-state index contributed by atoms with van der Waals surface area (Å²) < 4.78 is 5.92. The number of carbonyl (C=O) groups is 2. The van der Waals surface area contributed by atoms with Gasteiger partial charge in [-0.1, -0.05) is 55.8 Å². The molecule has 1 aliphatic heterocycles. The van der Waals surface area contributed by atoms with Gasteiger partial charge in [0.2, 0.25) is 11.8 Å². The molecule has 2 aliphatic rings. The van der Waals surface area contributed by atoms with Crippen LogP contribution in [-0.2, 0) is 9.59 Å². The summed E-state index contributed by atoms with van der Waals surface area (Å²) in [4.78, 5) is 37.4. The Labute approximate surface area is 215 Å². The van der Waals surface area contributed by atoms with E-state index in [-0.39, 0.29) is 29.9 Å². The molecule has 2 aromatic heterocycles. The van der Waals surface area contributed by atoms with Gasteiger partial charge in [-0.05, 0) is 36.5 Å². The quantitative estimate of drug-likeness (QED) is 0.508. The number of pyridine rings is 1. The molecule has 0 saturated carbocycles. The van der Waals surface area contributed by atoms with Gasteiger partial charge in [0, 0.05) is 24.4 Å². The molecule has 36 heavy (non-hydrogen) atoms. The highest BCUT2D eigenvalue weighted by molar-refractivity contribution is 6.33. The van der Waals surface area contributed by atoms with Crippen LogP contribution >= 0.6 is 11.6 Å². The van der Waals surface area contributed by atoms with Gasteiger partial charge >= 0.3 is 0 Å². The van der Waals surface area contributed by atoms with E-state index in [1.165, 1.54) is 5.57 Å². The molecule has 9 heteroatoms. The second kappa shape index (κ2) is 9.93. The Kier molecular flexibility index (Phi) is 6.71. The number of aromatic amines is 1. The number of likely N-dealkylation sites (tertiary alicyclic amines) is 1. The number of benzene rings is 1. The van der Waals surface area contributed by atoms with Gasteiger partial charge in [-0.25, -0.2) is 4.98 Å². The first-order valence-electron chi connectivity index (χ1n) is 12.4. The van der Waals surface area contributed by atoms with Crippen LogP contribution in [0.3, 0.4) is 0 Å². The lowest BCUT2D eigenvalue weighted by Gasteiger charge is -2.39. The Hall–Kier alpha value is -3.39. The summed E-state index contributed by atoms with van der Waals surface area (Å²) in [5.74, 6) is 0.140. The van der Waals surface area contributed by atoms with E-state index in [0.29, 0.717) is 41.0 Å². The summed E-state index contributed by atoms with van der Waals surface area (Å²) >= 11 is 6.58. The zero-order valence-electron chi connectivity index (χ0n) is 20.7. The van der Waals surface area contributed by atoms with E-state index in [9.17, 15) is 9.59 Å². The highest BCUT2D eigenvalue weighted by atomic mass is 35.5. The lowest BCUT2D eigenvalue weighted by atomic mass is 9.90. The minimum atomic E-state index is -0.0848. The van der Waals surface area contributed by atoms with E-state index < -0.39 is 0 Å². The smallest absolute Gasteiger partial charge is 0.296 e. The molecule has 1 aliphatic carbocycles. The molecule has 1 saturated heterocycles. The first-order chi connectivity index (χ1) is 17.3. The van der Waals surface area contributed by atoms with Crippen LogP contribution < -0.4 is 10.1 Å². The van der Waals surface area contributed by atoms with E-state index in [2.05, 4.69) is 38.5 Å². The molecule has 1 fully saturated rings. The number of rotatable bonds is 6. The van der Waals surface area contributed by atoms with Gasteiger partial charge in [-0.3, -0.25) is 9.59 Å². The lowest BCUT2D eigenvalue weighted by molar-refractivity contribution is -0.143. The number of amides is 2. The second-order valence-electron chi connectivity index (χ2n) is 9.85. The number of allylic oxidation sites excluding steroid dienone is 1. The Bertz CT molecular complexity index is 1330. The van der Waals surface area contributed by atoms with E-state index in [1.807, 2.05) is 32.0 Å². The average molecular weight is 508 g/mol. The zero-order chi connectivity index (χ0) is 25.4. The lowest BCUT2D eigenvalue weighted by Crippen LogP contribution is -2.57. The number of hydrogen-bond donors (Lipinski definition) is 2. The summed E-state index contributed by atoms with van der Waals surface area (Å²) in [7, 11) is 0. The van der Waals surface area contributed by atoms with Crippen molar-refractivity contribution < 1.29 is 14.3 Å². The van der Waals surface area contributed by atoms with Crippen LogP contribution in [0.1, 0.15) is 45.6 Å². The van der Waals surface area contributed by atoms with Crippen molar-refractivity contribution in [1.29, 1.82) is 0 Å². The third kappa shape index (κ3) is 5.09. The predicted molar refractivity (Wildman–Crippen MR) is 140 cm³/mol. The number of carbonyl (C=O) groups excluding carboxylic acids is 2. The minimum Gasteiger partial charge on any atom is -0.458 e. The molecule has 2 amide bonds. The minimum absolute atomic E-state index is 0.0160. The molecule has 2 N–H and O–H groups in total. The van der Waals surface area contributed by atoms with Crippen molar-refractivity contribution in [2.45, 2.75) is 52.2 Å². The fourth-order valence-corrected chi connectivity index (χ4v) is 4.99. The highest BCUT2D eigenvalue weighted by Crippen LogP contribution is 2.32. The van der Waals surface area contributed by atoms with E-state index in [4.69, 9.17) is 16.3 Å². The van der Waals surface area contributed by atoms with Crippen LogP contribution in [0.15, 0.2) is 36.4 Å². The molecule has 1 atom stereocenters. The van der Waals surface area contributed by atoms with E-state index in [1.54, 1.807) is 11.8 Å². The summed E-state index contributed by atoms with van der Waals surface area (Å²) in [6.45, 7) is 6.47. The molecule has 5 rings (SSSR count). The Morgan fingerprint density at radius 1 is 1.17 bits per heavy atom. The molecule has 1 unspecified atom stereocenters. The number of imidazole rings is 1. The summed E-state index contributed by atoms with van der Waals surface area (Å²) in [6.07, 6.45) is 4.83. The monoisotopic (exact) mass is 507 g/mol. The van der Waals surface area contributed by atoms with Gasteiger partial charge < -0.3 is 19.9 Å². The van der Waals surface area contributed by atoms with Gasteiger partial charge in [0.05, 0.1) is 29.3 Å². The number of H-pyrrole nitrogens is 1.